The second-order valence-electron chi connectivity index (χ2n) is 8.61. The standard InChI is InChI=1S/C24H24F3N5O/c1-13-12-32(21-9-22(33)30(4)20-6-5-17(10-28)29-24(20)21)14(2)11-31(13)15(3)23-18(26)7-16(25)8-19(23)27/h5-9,13-15H,11-12H2,1-4H3/t13-,14-,15?/m0/s1. The molecule has 9 heteroatoms. The number of hydrogen-bond donors (Lipinski definition) is 0. The van der Waals surface area contributed by atoms with Crippen LogP contribution in [0, 0.1) is 28.8 Å². The molecule has 0 aliphatic carbocycles. The number of aromatic nitrogens is 2. The Kier molecular flexibility index (Phi) is 5.89. The van der Waals surface area contributed by atoms with Crippen molar-refractivity contribution in [1.29, 1.82) is 5.26 Å². The molecular formula is C24H24F3N5O. The zero-order chi connectivity index (χ0) is 24.0. The first kappa shape index (κ1) is 22.8. The molecule has 1 saturated heterocycles. The Morgan fingerprint density at radius 2 is 1.76 bits per heavy atom. The van der Waals surface area contributed by atoms with Crippen molar-refractivity contribution in [2.75, 3.05) is 18.0 Å². The van der Waals surface area contributed by atoms with Crippen LogP contribution < -0.4 is 10.5 Å². The molecule has 0 amide bonds. The maximum Gasteiger partial charge on any atom is 0.252 e. The van der Waals surface area contributed by atoms with Crippen LogP contribution in [0.4, 0.5) is 18.9 Å². The van der Waals surface area contributed by atoms with Gasteiger partial charge in [-0.15, -0.1) is 0 Å². The van der Waals surface area contributed by atoms with E-state index in [0.717, 1.165) is 0 Å². The maximum atomic E-state index is 14.4. The van der Waals surface area contributed by atoms with Crippen molar-refractivity contribution >= 4 is 16.7 Å². The highest BCUT2D eigenvalue weighted by molar-refractivity contribution is 5.89. The monoisotopic (exact) mass is 455 g/mol. The molecule has 4 rings (SSSR count). The van der Waals surface area contributed by atoms with Crippen LogP contribution in [0.25, 0.3) is 11.0 Å². The molecule has 0 N–H and O–H groups in total. The predicted molar refractivity (Wildman–Crippen MR) is 119 cm³/mol. The average Bonchev–Trinajstić information content (AvgIpc) is 2.76. The lowest BCUT2D eigenvalue weighted by molar-refractivity contribution is 0.115. The summed E-state index contributed by atoms with van der Waals surface area (Å²) in [4.78, 5) is 21.1. The van der Waals surface area contributed by atoms with Crippen molar-refractivity contribution in [3.05, 3.63) is 69.4 Å². The third-order valence-corrected chi connectivity index (χ3v) is 6.49. The Labute approximate surface area is 189 Å². The lowest BCUT2D eigenvalue weighted by atomic mass is 9.99. The molecule has 1 aromatic carbocycles. The van der Waals surface area contributed by atoms with Gasteiger partial charge in [0.05, 0.1) is 11.2 Å². The largest absolute Gasteiger partial charge is 0.364 e. The van der Waals surface area contributed by atoms with E-state index >= 15 is 0 Å². The van der Waals surface area contributed by atoms with Crippen LogP contribution in [0.5, 0.6) is 0 Å². The molecule has 1 fully saturated rings. The lowest BCUT2D eigenvalue weighted by Gasteiger charge is -2.47. The molecule has 1 aliphatic heterocycles. The number of nitrogens with zero attached hydrogens (tertiary/aromatic N) is 5. The van der Waals surface area contributed by atoms with E-state index in [2.05, 4.69) is 4.98 Å². The van der Waals surface area contributed by atoms with E-state index in [1.807, 2.05) is 29.7 Å². The fourth-order valence-electron chi connectivity index (χ4n) is 4.74. The normalized spacial score (nSPS) is 20.1. The number of halogens is 3. The Bertz CT molecular complexity index is 1310. The summed E-state index contributed by atoms with van der Waals surface area (Å²) in [7, 11) is 1.65. The smallest absolute Gasteiger partial charge is 0.252 e. The van der Waals surface area contributed by atoms with E-state index in [4.69, 9.17) is 0 Å². The van der Waals surface area contributed by atoms with Gasteiger partial charge in [-0.3, -0.25) is 9.69 Å². The van der Waals surface area contributed by atoms with Gasteiger partial charge in [0.15, 0.2) is 0 Å². The fraction of sp³-hybridized carbons (Fsp3) is 0.375. The fourth-order valence-corrected chi connectivity index (χ4v) is 4.74. The Morgan fingerprint density at radius 3 is 2.39 bits per heavy atom. The number of benzene rings is 1. The van der Waals surface area contributed by atoms with Gasteiger partial charge in [-0.1, -0.05) is 0 Å². The van der Waals surface area contributed by atoms with Crippen molar-refractivity contribution in [1.82, 2.24) is 14.5 Å². The predicted octanol–water partition coefficient (Wildman–Crippen LogP) is 3.88. The Hall–Kier alpha value is -3.38. The third-order valence-electron chi connectivity index (χ3n) is 6.49. The van der Waals surface area contributed by atoms with E-state index in [1.54, 1.807) is 26.1 Å². The number of aryl methyl sites for hydroxylation is 1. The highest BCUT2D eigenvalue weighted by Gasteiger charge is 2.35. The third kappa shape index (κ3) is 3.95. The van der Waals surface area contributed by atoms with Gasteiger partial charge in [-0.2, -0.15) is 5.26 Å². The van der Waals surface area contributed by atoms with Gasteiger partial charge in [0.1, 0.15) is 34.7 Å². The van der Waals surface area contributed by atoms with Crippen LogP contribution in [0.1, 0.15) is 38.1 Å². The summed E-state index contributed by atoms with van der Waals surface area (Å²) in [6.07, 6.45) is 0. The minimum Gasteiger partial charge on any atom is -0.364 e. The first-order valence-corrected chi connectivity index (χ1v) is 10.7. The number of pyridine rings is 2. The SMILES string of the molecule is CC(c1c(F)cc(F)cc1F)N1C[C@H](C)N(c2cc(=O)n(C)c3ccc(C#N)nc23)C[C@@H]1C. The molecular weight excluding hydrogens is 431 g/mol. The summed E-state index contributed by atoms with van der Waals surface area (Å²) >= 11 is 0. The molecule has 2 aromatic heterocycles. The van der Waals surface area contributed by atoms with E-state index < -0.39 is 23.5 Å². The number of hydrogen-bond acceptors (Lipinski definition) is 5. The van der Waals surface area contributed by atoms with E-state index in [-0.39, 0.29) is 28.9 Å². The molecule has 33 heavy (non-hydrogen) atoms. The van der Waals surface area contributed by atoms with Crippen molar-refractivity contribution in [2.24, 2.45) is 7.05 Å². The summed E-state index contributed by atoms with van der Waals surface area (Å²) < 4.78 is 43.7. The highest BCUT2D eigenvalue weighted by atomic mass is 19.1. The molecule has 1 aliphatic rings. The quantitative estimate of drug-likeness (QED) is 0.600. The number of anilines is 1. The van der Waals surface area contributed by atoms with Gasteiger partial charge in [-0.05, 0) is 32.9 Å². The lowest BCUT2D eigenvalue weighted by Crippen LogP contribution is -2.57. The number of nitriles is 1. The summed E-state index contributed by atoms with van der Waals surface area (Å²) in [6, 6.07) is 7.34. The molecule has 0 bridgehead atoms. The van der Waals surface area contributed by atoms with E-state index in [0.29, 0.717) is 41.9 Å². The Balaban J connectivity index is 1.71. The van der Waals surface area contributed by atoms with Crippen LogP contribution in [0.15, 0.2) is 35.1 Å². The van der Waals surface area contributed by atoms with Gasteiger partial charge in [0.25, 0.3) is 5.56 Å². The molecule has 172 valence electrons. The Morgan fingerprint density at radius 1 is 1.09 bits per heavy atom. The van der Waals surface area contributed by atoms with Crippen LogP contribution in [0.3, 0.4) is 0 Å². The minimum absolute atomic E-state index is 0.127. The minimum atomic E-state index is -0.950. The highest BCUT2D eigenvalue weighted by Crippen LogP contribution is 2.34. The average molecular weight is 455 g/mol. The maximum absolute atomic E-state index is 14.4. The molecule has 3 aromatic rings. The summed E-state index contributed by atoms with van der Waals surface area (Å²) in [6.45, 7) is 6.52. The second-order valence-corrected chi connectivity index (χ2v) is 8.61. The summed E-state index contributed by atoms with van der Waals surface area (Å²) in [5.74, 6) is -2.77. The van der Waals surface area contributed by atoms with Crippen molar-refractivity contribution in [3.8, 4) is 6.07 Å². The molecule has 3 atom stereocenters. The van der Waals surface area contributed by atoms with Crippen LogP contribution in [-0.2, 0) is 7.05 Å². The topological polar surface area (TPSA) is 65.2 Å². The van der Waals surface area contributed by atoms with E-state index in [1.165, 1.54) is 10.6 Å². The van der Waals surface area contributed by atoms with Crippen molar-refractivity contribution in [2.45, 2.75) is 38.9 Å². The summed E-state index contributed by atoms with van der Waals surface area (Å²) in [5, 5.41) is 9.30. The van der Waals surface area contributed by atoms with Gasteiger partial charge < -0.3 is 9.47 Å². The zero-order valence-corrected chi connectivity index (χ0v) is 18.8. The van der Waals surface area contributed by atoms with Gasteiger partial charge >= 0.3 is 0 Å². The van der Waals surface area contributed by atoms with Gasteiger partial charge in [0.2, 0.25) is 0 Å². The zero-order valence-electron chi connectivity index (χ0n) is 18.8. The number of piperazine rings is 1. The van der Waals surface area contributed by atoms with Gasteiger partial charge in [0, 0.05) is 62.0 Å². The van der Waals surface area contributed by atoms with Gasteiger partial charge in [-0.25, -0.2) is 18.2 Å². The van der Waals surface area contributed by atoms with E-state index in [9.17, 15) is 23.2 Å². The van der Waals surface area contributed by atoms with Crippen LogP contribution in [-0.4, -0.2) is 39.6 Å². The number of rotatable bonds is 3. The van der Waals surface area contributed by atoms with Crippen LogP contribution >= 0.6 is 0 Å². The van der Waals surface area contributed by atoms with Crippen LogP contribution in [0.2, 0.25) is 0 Å². The van der Waals surface area contributed by atoms with Crippen molar-refractivity contribution < 1.29 is 13.2 Å². The molecule has 1 unspecified atom stereocenters. The molecule has 0 spiro atoms. The first-order valence-electron chi connectivity index (χ1n) is 10.7. The summed E-state index contributed by atoms with van der Waals surface area (Å²) in [5.41, 5.74) is 1.67. The molecule has 0 saturated carbocycles. The molecule has 6 nitrogen and oxygen atoms in total. The van der Waals surface area contributed by atoms with Crippen molar-refractivity contribution in [3.63, 3.8) is 0 Å². The molecule has 0 radical (unpaired) electrons. The number of fused-ring (bicyclic) bond motifs is 1. The molecule has 3 heterocycles. The first-order chi connectivity index (χ1) is 15.6. The second kappa shape index (κ2) is 8.52.